The second-order valence-corrected chi connectivity index (χ2v) is 3.65. The van der Waals surface area contributed by atoms with Crippen LogP contribution in [0.1, 0.15) is 5.82 Å². The number of azo groups is 1. The Labute approximate surface area is 108 Å². The minimum atomic E-state index is -0.425. The Morgan fingerprint density at radius 1 is 1.00 bits per heavy atom. The third-order valence-corrected chi connectivity index (χ3v) is 2.34. The molecule has 2 N–H and O–H groups in total. The molecule has 6 nitrogen and oxygen atoms in total. The lowest BCUT2D eigenvalue weighted by atomic mass is 10.3. The lowest BCUT2D eigenvalue weighted by Gasteiger charge is -2.01. The van der Waals surface area contributed by atoms with Gasteiger partial charge in [-0.1, -0.05) is 18.2 Å². The first-order chi connectivity index (χ1) is 8.70. The number of thiol groups is 1. The fourth-order valence-electron chi connectivity index (χ4n) is 1.24. The Morgan fingerprint density at radius 2 is 1.61 bits per heavy atom. The van der Waals surface area contributed by atoms with Crippen LogP contribution in [-0.4, -0.2) is 20.2 Å². The number of rotatable bonds is 3. The van der Waals surface area contributed by atoms with Gasteiger partial charge in [-0.05, 0) is 12.1 Å². The average Bonchev–Trinajstić information content (AvgIpc) is 2.38. The number of benzene rings is 1. The summed E-state index contributed by atoms with van der Waals surface area (Å²) in [5, 5.41) is 26.8. The molecule has 0 saturated carbocycles. The van der Waals surface area contributed by atoms with Crippen molar-refractivity contribution in [3.05, 3.63) is 36.2 Å². The first-order valence-electron chi connectivity index (χ1n) is 5.07. The van der Waals surface area contributed by atoms with Crippen molar-refractivity contribution in [1.29, 1.82) is 0 Å². The summed E-state index contributed by atoms with van der Waals surface area (Å²) >= 11 is 3.95. The highest BCUT2D eigenvalue weighted by atomic mass is 32.1. The highest BCUT2D eigenvalue weighted by Gasteiger charge is 2.12. The van der Waals surface area contributed by atoms with Gasteiger partial charge in [-0.2, -0.15) is 27.7 Å². The molecule has 0 unspecified atom stereocenters. The van der Waals surface area contributed by atoms with Gasteiger partial charge < -0.3 is 10.2 Å². The molecule has 0 aliphatic carbocycles. The molecule has 1 aromatic carbocycles. The van der Waals surface area contributed by atoms with Crippen LogP contribution >= 0.6 is 12.6 Å². The standard InChI is InChI=1S/C11H10N4O2S/c16-10-9(11(17)13-8(6-18)12-10)15-14-7-4-2-1-3-5-7/h1-5,18H,6H2,(H2,12,13,16,17)/b15-14+. The minimum absolute atomic E-state index is 0.163. The van der Waals surface area contributed by atoms with Gasteiger partial charge in [0.15, 0.2) is 0 Å². The van der Waals surface area contributed by atoms with Crippen LogP contribution in [-0.2, 0) is 5.75 Å². The van der Waals surface area contributed by atoms with E-state index in [1.54, 1.807) is 24.3 Å². The SMILES string of the molecule is Oc1nc(CS)nc(O)c1/N=N/c1ccccc1. The zero-order valence-corrected chi connectivity index (χ0v) is 10.1. The summed E-state index contributed by atoms with van der Waals surface area (Å²) in [5.74, 6) is -0.429. The van der Waals surface area contributed by atoms with E-state index in [-0.39, 0.29) is 17.3 Å². The van der Waals surface area contributed by atoms with Crippen molar-refractivity contribution in [3.63, 3.8) is 0 Å². The summed E-state index contributed by atoms with van der Waals surface area (Å²) in [6.07, 6.45) is 0. The molecule has 2 rings (SSSR count). The summed E-state index contributed by atoms with van der Waals surface area (Å²) in [6, 6.07) is 8.92. The molecule has 18 heavy (non-hydrogen) atoms. The molecule has 0 aliphatic heterocycles. The van der Waals surface area contributed by atoms with Gasteiger partial charge in [0.1, 0.15) is 5.82 Å². The van der Waals surface area contributed by atoms with E-state index in [0.29, 0.717) is 5.69 Å². The average molecular weight is 262 g/mol. The van der Waals surface area contributed by atoms with Crippen molar-refractivity contribution < 1.29 is 10.2 Å². The van der Waals surface area contributed by atoms with Gasteiger partial charge >= 0.3 is 0 Å². The lowest BCUT2D eigenvalue weighted by Crippen LogP contribution is -1.91. The summed E-state index contributed by atoms with van der Waals surface area (Å²) in [7, 11) is 0. The van der Waals surface area contributed by atoms with Crippen molar-refractivity contribution >= 4 is 24.0 Å². The van der Waals surface area contributed by atoms with Crippen LogP contribution in [0, 0.1) is 0 Å². The van der Waals surface area contributed by atoms with E-state index in [1.807, 2.05) is 6.07 Å². The van der Waals surface area contributed by atoms with Crippen LogP contribution in [0.5, 0.6) is 11.8 Å². The molecule has 0 amide bonds. The molecule has 0 atom stereocenters. The summed E-state index contributed by atoms with van der Waals surface area (Å²) < 4.78 is 0. The molecule has 0 saturated heterocycles. The van der Waals surface area contributed by atoms with Gasteiger partial charge in [0.25, 0.3) is 0 Å². The molecule has 1 aromatic heterocycles. The summed E-state index contributed by atoms with van der Waals surface area (Å²) in [4.78, 5) is 7.44. The Balaban J connectivity index is 2.32. The highest BCUT2D eigenvalue weighted by Crippen LogP contribution is 2.33. The van der Waals surface area contributed by atoms with E-state index in [0.717, 1.165) is 0 Å². The van der Waals surface area contributed by atoms with Crippen molar-refractivity contribution in [2.45, 2.75) is 5.75 Å². The molecule has 0 bridgehead atoms. The van der Waals surface area contributed by atoms with Gasteiger partial charge in [-0.25, -0.2) is 0 Å². The first kappa shape index (κ1) is 12.3. The van der Waals surface area contributed by atoms with E-state index in [4.69, 9.17) is 0 Å². The molecule has 0 fully saturated rings. The maximum Gasteiger partial charge on any atom is 0.246 e. The first-order valence-corrected chi connectivity index (χ1v) is 5.70. The van der Waals surface area contributed by atoms with Crippen LogP contribution in [0.4, 0.5) is 11.4 Å². The molecule has 0 aliphatic rings. The van der Waals surface area contributed by atoms with Gasteiger partial charge in [0, 0.05) is 0 Å². The van der Waals surface area contributed by atoms with Crippen LogP contribution < -0.4 is 0 Å². The number of hydrogen-bond acceptors (Lipinski definition) is 7. The van der Waals surface area contributed by atoms with Crippen LogP contribution in [0.3, 0.4) is 0 Å². The van der Waals surface area contributed by atoms with E-state index >= 15 is 0 Å². The quantitative estimate of drug-likeness (QED) is 0.586. The molecule has 92 valence electrons. The maximum atomic E-state index is 9.58. The third kappa shape index (κ3) is 2.75. The minimum Gasteiger partial charge on any atom is -0.492 e. The predicted molar refractivity (Wildman–Crippen MR) is 68.7 cm³/mol. The second kappa shape index (κ2) is 5.46. The largest absolute Gasteiger partial charge is 0.492 e. The van der Waals surface area contributed by atoms with Crippen LogP contribution in [0.15, 0.2) is 40.6 Å². The smallest absolute Gasteiger partial charge is 0.246 e. The van der Waals surface area contributed by atoms with Gasteiger partial charge in [0.2, 0.25) is 17.4 Å². The van der Waals surface area contributed by atoms with Gasteiger partial charge in [-0.3, -0.25) is 0 Å². The fraction of sp³-hybridized carbons (Fsp3) is 0.0909. The predicted octanol–water partition coefficient (Wildman–Crippen LogP) is 2.73. The van der Waals surface area contributed by atoms with Crippen LogP contribution in [0.2, 0.25) is 0 Å². The molecular formula is C11H10N4O2S. The van der Waals surface area contributed by atoms with E-state index in [1.165, 1.54) is 0 Å². The van der Waals surface area contributed by atoms with E-state index in [2.05, 4.69) is 32.8 Å². The number of nitrogens with zero attached hydrogens (tertiary/aromatic N) is 4. The highest BCUT2D eigenvalue weighted by molar-refractivity contribution is 7.79. The van der Waals surface area contributed by atoms with E-state index < -0.39 is 11.8 Å². The molecule has 1 heterocycles. The Bertz CT molecular complexity index is 552. The lowest BCUT2D eigenvalue weighted by molar-refractivity contribution is 0.420. The van der Waals surface area contributed by atoms with Crippen LogP contribution in [0.25, 0.3) is 0 Å². The monoisotopic (exact) mass is 262 g/mol. The Kier molecular flexibility index (Phi) is 3.73. The number of aromatic hydroxyl groups is 2. The molecular weight excluding hydrogens is 252 g/mol. The summed E-state index contributed by atoms with van der Waals surface area (Å²) in [5.41, 5.74) is 0.430. The van der Waals surface area contributed by atoms with Gasteiger partial charge in [0.05, 0.1) is 11.4 Å². The van der Waals surface area contributed by atoms with E-state index in [9.17, 15) is 10.2 Å². The second-order valence-electron chi connectivity index (χ2n) is 3.33. The molecule has 7 heteroatoms. The number of aromatic nitrogens is 2. The van der Waals surface area contributed by atoms with Crippen molar-refractivity contribution in [2.75, 3.05) is 0 Å². The third-order valence-electron chi connectivity index (χ3n) is 2.06. The van der Waals surface area contributed by atoms with Gasteiger partial charge in [-0.15, -0.1) is 5.11 Å². The zero-order valence-electron chi connectivity index (χ0n) is 9.22. The fourth-order valence-corrected chi connectivity index (χ4v) is 1.38. The summed E-state index contributed by atoms with van der Waals surface area (Å²) in [6.45, 7) is 0. The van der Waals surface area contributed by atoms with Crippen molar-refractivity contribution in [3.8, 4) is 11.8 Å². The Morgan fingerprint density at radius 3 is 2.17 bits per heavy atom. The zero-order chi connectivity index (χ0) is 13.0. The number of hydrogen-bond donors (Lipinski definition) is 3. The topological polar surface area (TPSA) is 91.0 Å². The molecule has 2 aromatic rings. The maximum absolute atomic E-state index is 9.58. The van der Waals surface area contributed by atoms with Crippen molar-refractivity contribution in [2.24, 2.45) is 10.2 Å². The normalized spacial score (nSPS) is 10.9. The Hall–Kier alpha value is -2.15. The molecule has 0 radical (unpaired) electrons. The molecule has 0 spiro atoms. The van der Waals surface area contributed by atoms with Crippen molar-refractivity contribution in [1.82, 2.24) is 9.97 Å².